The number of aliphatic imine (C=N–C) groups is 1. The molecule has 2 rings (SSSR count). The van der Waals surface area contributed by atoms with Crippen LogP contribution >= 0.6 is 15.9 Å². The Morgan fingerprint density at radius 3 is 2.50 bits per heavy atom. The Morgan fingerprint density at radius 2 is 1.86 bits per heavy atom. The van der Waals surface area contributed by atoms with E-state index in [1.54, 1.807) is 24.3 Å². The molecule has 1 unspecified atom stereocenters. The lowest BCUT2D eigenvalue weighted by Gasteiger charge is -2.08. The molecule has 1 atom stereocenters. The standard InChI is InChI=1S/C16H14BrNO4/c17-12-3-6-15(20)11(8-12)9-18-14(16(21)22)7-10-1-4-13(19)5-2-10/h1-6,8-9,14,19-20H,7H2,(H,21,22). The highest BCUT2D eigenvalue weighted by Crippen LogP contribution is 2.20. The van der Waals surface area contributed by atoms with Crippen LogP contribution in [0.5, 0.6) is 11.5 Å². The van der Waals surface area contributed by atoms with Crippen LogP contribution in [0.3, 0.4) is 0 Å². The van der Waals surface area contributed by atoms with Crippen molar-refractivity contribution in [2.24, 2.45) is 4.99 Å². The number of carboxylic acid groups (broad SMARTS) is 1. The summed E-state index contributed by atoms with van der Waals surface area (Å²) in [5.74, 6) is -0.905. The molecule has 22 heavy (non-hydrogen) atoms. The molecular formula is C16H14BrNO4. The van der Waals surface area contributed by atoms with Crippen LogP contribution in [0.4, 0.5) is 0 Å². The van der Waals surface area contributed by atoms with E-state index in [0.29, 0.717) is 5.56 Å². The molecule has 6 heteroatoms. The van der Waals surface area contributed by atoms with Crippen molar-refractivity contribution < 1.29 is 20.1 Å². The molecule has 2 aromatic rings. The van der Waals surface area contributed by atoms with Gasteiger partial charge in [-0.25, -0.2) is 4.79 Å². The number of carbonyl (C=O) groups is 1. The molecule has 0 saturated heterocycles. The van der Waals surface area contributed by atoms with E-state index in [1.165, 1.54) is 24.4 Å². The highest BCUT2D eigenvalue weighted by Gasteiger charge is 2.16. The number of hydrogen-bond acceptors (Lipinski definition) is 4. The van der Waals surface area contributed by atoms with Gasteiger partial charge in [-0.3, -0.25) is 4.99 Å². The minimum Gasteiger partial charge on any atom is -0.508 e. The lowest BCUT2D eigenvalue weighted by atomic mass is 10.1. The molecule has 0 fully saturated rings. The van der Waals surface area contributed by atoms with Crippen molar-refractivity contribution in [3.05, 3.63) is 58.1 Å². The van der Waals surface area contributed by atoms with Crippen LogP contribution in [0.2, 0.25) is 0 Å². The van der Waals surface area contributed by atoms with Crippen molar-refractivity contribution in [3.8, 4) is 11.5 Å². The van der Waals surface area contributed by atoms with Crippen LogP contribution in [0.1, 0.15) is 11.1 Å². The van der Waals surface area contributed by atoms with Crippen molar-refractivity contribution >= 4 is 28.1 Å². The molecule has 0 aromatic heterocycles. The van der Waals surface area contributed by atoms with Crippen LogP contribution in [0, 0.1) is 0 Å². The van der Waals surface area contributed by atoms with Gasteiger partial charge < -0.3 is 15.3 Å². The summed E-state index contributed by atoms with van der Waals surface area (Å²) in [6.07, 6.45) is 1.54. The summed E-state index contributed by atoms with van der Waals surface area (Å²) in [6, 6.07) is 10.2. The maximum atomic E-state index is 11.3. The summed E-state index contributed by atoms with van der Waals surface area (Å²) in [4.78, 5) is 15.4. The van der Waals surface area contributed by atoms with Gasteiger partial charge in [-0.1, -0.05) is 28.1 Å². The summed E-state index contributed by atoms with van der Waals surface area (Å²) in [5.41, 5.74) is 1.19. The largest absolute Gasteiger partial charge is 0.508 e. The number of phenols is 2. The van der Waals surface area contributed by atoms with Crippen molar-refractivity contribution in [2.45, 2.75) is 12.5 Å². The van der Waals surface area contributed by atoms with E-state index in [-0.39, 0.29) is 17.9 Å². The van der Waals surface area contributed by atoms with E-state index in [2.05, 4.69) is 20.9 Å². The first kappa shape index (κ1) is 16.0. The molecular weight excluding hydrogens is 350 g/mol. The Balaban J connectivity index is 2.18. The SMILES string of the molecule is O=C(O)C(Cc1ccc(O)cc1)N=Cc1cc(Br)ccc1O. The van der Waals surface area contributed by atoms with Gasteiger partial charge in [0.25, 0.3) is 0 Å². The Labute approximate surface area is 135 Å². The van der Waals surface area contributed by atoms with Gasteiger partial charge in [0.2, 0.25) is 0 Å². The Bertz CT molecular complexity index is 698. The molecule has 114 valence electrons. The molecule has 0 spiro atoms. The highest BCUT2D eigenvalue weighted by molar-refractivity contribution is 9.10. The molecule has 0 bridgehead atoms. The van der Waals surface area contributed by atoms with Crippen LogP contribution in [0.25, 0.3) is 0 Å². The zero-order valence-corrected chi connectivity index (χ0v) is 13.1. The van der Waals surface area contributed by atoms with Crippen molar-refractivity contribution in [3.63, 3.8) is 0 Å². The first-order valence-electron chi connectivity index (χ1n) is 6.48. The summed E-state index contributed by atoms with van der Waals surface area (Å²) < 4.78 is 0.761. The third-order valence-corrected chi connectivity index (χ3v) is 3.53. The normalized spacial score (nSPS) is 12.4. The lowest BCUT2D eigenvalue weighted by molar-refractivity contribution is -0.138. The number of hydrogen-bond donors (Lipinski definition) is 3. The minimum absolute atomic E-state index is 0.0284. The Morgan fingerprint density at radius 1 is 1.18 bits per heavy atom. The fourth-order valence-corrected chi connectivity index (χ4v) is 2.24. The van der Waals surface area contributed by atoms with Crippen LogP contribution in [0.15, 0.2) is 51.9 Å². The van der Waals surface area contributed by atoms with Crippen LogP contribution < -0.4 is 0 Å². The van der Waals surface area contributed by atoms with E-state index in [1.807, 2.05) is 0 Å². The number of rotatable bonds is 5. The van der Waals surface area contributed by atoms with Gasteiger partial charge in [-0.15, -0.1) is 0 Å². The first-order chi connectivity index (χ1) is 10.5. The van der Waals surface area contributed by atoms with Gasteiger partial charge in [-0.2, -0.15) is 0 Å². The van der Waals surface area contributed by atoms with Gasteiger partial charge in [0.1, 0.15) is 11.5 Å². The second-order valence-corrected chi connectivity index (χ2v) is 5.62. The molecule has 2 aromatic carbocycles. The number of aromatic hydroxyl groups is 2. The first-order valence-corrected chi connectivity index (χ1v) is 7.27. The number of carboxylic acids is 1. The summed E-state index contributed by atoms with van der Waals surface area (Å²) in [6.45, 7) is 0. The van der Waals surface area contributed by atoms with E-state index >= 15 is 0 Å². The number of halogens is 1. The molecule has 0 heterocycles. The third-order valence-electron chi connectivity index (χ3n) is 3.03. The van der Waals surface area contributed by atoms with Gasteiger partial charge in [-0.05, 0) is 35.9 Å². The highest BCUT2D eigenvalue weighted by atomic mass is 79.9. The summed E-state index contributed by atoms with van der Waals surface area (Å²) in [5, 5.41) is 28.2. The summed E-state index contributed by atoms with van der Waals surface area (Å²) in [7, 11) is 0. The number of phenolic OH excluding ortho intramolecular Hbond substituents is 2. The van der Waals surface area contributed by atoms with Crippen molar-refractivity contribution in [2.75, 3.05) is 0 Å². The fourth-order valence-electron chi connectivity index (χ4n) is 1.86. The lowest BCUT2D eigenvalue weighted by Crippen LogP contribution is -2.20. The van der Waals surface area contributed by atoms with Gasteiger partial charge >= 0.3 is 5.97 Å². The Kier molecular flexibility index (Phi) is 5.16. The fraction of sp³-hybridized carbons (Fsp3) is 0.125. The number of aliphatic carboxylic acids is 1. The molecule has 0 radical (unpaired) electrons. The van der Waals surface area contributed by atoms with Gasteiger partial charge in [0.15, 0.2) is 6.04 Å². The third kappa shape index (κ3) is 4.33. The maximum Gasteiger partial charge on any atom is 0.328 e. The average molecular weight is 364 g/mol. The van der Waals surface area contributed by atoms with Crippen LogP contribution in [-0.4, -0.2) is 33.5 Å². The monoisotopic (exact) mass is 363 g/mol. The maximum absolute atomic E-state index is 11.3. The van der Waals surface area contributed by atoms with E-state index in [4.69, 9.17) is 0 Å². The molecule has 0 amide bonds. The smallest absolute Gasteiger partial charge is 0.328 e. The van der Waals surface area contributed by atoms with Crippen LogP contribution in [-0.2, 0) is 11.2 Å². The topological polar surface area (TPSA) is 90.1 Å². The summed E-state index contributed by atoms with van der Waals surface area (Å²) >= 11 is 3.28. The second-order valence-electron chi connectivity index (χ2n) is 4.71. The van der Waals surface area contributed by atoms with Gasteiger partial charge in [0, 0.05) is 22.7 Å². The quantitative estimate of drug-likeness (QED) is 0.712. The van der Waals surface area contributed by atoms with E-state index in [0.717, 1.165) is 10.0 Å². The predicted octanol–water partition coefficient (Wildman–Crippen LogP) is 2.98. The molecule has 0 saturated carbocycles. The van der Waals surface area contributed by atoms with E-state index in [9.17, 15) is 20.1 Å². The van der Waals surface area contributed by atoms with E-state index < -0.39 is 12.0 Å². The average Bonchev–Trinajstić information content (AvgIpc) is 2.48. The Hall–Kier alpha value is -2.34. The number of nitrogens with zero attached hydrogens (tertiary/aromatic N) is 1. The number of benzene rings is 2. The minimum atomic E-state index is -1.06. The van der Waals surface area contributed by atoms with Gasteiger partial charge in [0.05, 0.1) is 0 Å². The molecule has 0 aliphatic heterocycles. The van der Waals surface area contributed by atoms with Crippen molar-refractivity contribution in [1.29, 1.82) is 0 Å². The molecule has 0 aliphatic rings. The zero-order chi connectivity index (χ0) is 16.1. The predicted molar refractivity (Wildman–Crippen MR) is 86.6 cm³/mol. The van der Waals surface area contributed by atoms with Crippen molar-refractivity contribution in [1.82, 2.24) is 0 Å². The molecule has 3 N–H and O–H groups in total. The second kappa shape index (κ2) is 7.09. The molecule has 5 nitrogen and oxygen atoms in total. The zero-order valence-electron chi connectivity index (χ0n) is 11.5. The molecule has 0 aliphatic carbocycles.